The standard InChI is InChI=1S/C21H22FN5O2/c1-11-19-13-7-18(20(23)24-9-13)29-12(2)16-8-14(22)5-6-15(16)21(28)26(3)10-17(19)27(4)25-11/h5-10,12,25H,1-4H3,(H2,23,24)/b17-10+/t12-/m1/s1. The number of nitrogen functional groups attached to an aromatic ring is 1. The molecule has 1 atom stereocenters. The van der Waals surface area contributed by atoms with Crippen LogP contribution in [0.1, 0.15) is 41.4 Å². The first kappa shape index (κ1) is 18.8. The summed E-state index contributed by atoms with van der Waals surface area (Å²) in [6, 6.07) is 5.88. The molecule has 2 bridgehead atoms. The lowest BCUT2D eigenvalue weighted by Gasteiger charge is -2.24. The molecule has 0 spiro atoms. The predicted octanol–water partition coefficient (Wildman–Crippen LogP) is 3.05. The smallest absolute Gasteiger partial charge is 0.258 e. The molecule has 0 saturated carbocycles. The average molecular weight is 395 g/mol. The molecule has 2 aromatic rings. The van der Waals surface area contributed by atoms with E-state index in [-0.39, 0.29) is 11.7 Å². The van der Waals surface area contributed by atoms with Gasteiger partial charge in [0.1, 0.15) is 11.9 Å². The number of aromatic nitrogens is 1. The van der Waals surface area contributed by atoms with Crippen LogP contribution in [0.5, 0.6) is 5.75 Å². The average Bonchev–Trinajstić information content (AvgIpc) is 2.95. The van der Waals surface area contributed by atoms with Crippen LogP contribution >= 0.6 is 0 Å². The highest BCUT2D eigenvalue weighted by Gasteiger charge is 2.28. The van der Waals surface area contributed by atoms with Crippen LogP contribution in [-0.2, 0) is 0 Å². The molecule has 0 unspecified atom stereocenters. The van der Waals surface area contributed by atoms with Gasteiger partial charge in [-0.2, -0.15) is 0 Å². The Hall–Kier alpha value is -3.55. The Balaban J connectivity index is 1.97. The summed E-state index contributed by atoms with van der Waals surface area (Å²) in [5.74, 6) is -0.112. The summed E-state index contributed by atoms with van der Waals surface area (Å²) >= 11 is 0. The highest BCUT2D eigenvalue weighted by atomic mass is 19.1. The minimum absolute atomic E-state index is 0.224. The summed E-state index contributed by atoms with van der Waals surface area (Å²) in [5.41, 5.74) is 13.4. The van der Waals surface area contributed by atoms with Crippen molar-refractivity contribution in [2.75, 3.05) is 19.8 Å². The lowest BCUT2D eigenvalue weighted by molar-refractivity contribution is 0.0842. The highest BCUT2D eigenvalue weighted by molar-refractivity contribution is 5.97. The maximum absolute atomic E-state index is 14.0. The molecule has 7 nitrogen and oxygen atoms in total. The summed E-state index contributed by atoms with van der Waals surface area (Å²) in [4.78, 5) is 18.9. The Morgan fingerprint density at radius 1 is 1.28 bits per heavy atom. The molecule has 0 saturated heterocycles. The van der Waals surface area contributed by atoms with Crippen LogP contribution in [0.4, 0.5) is 10.2 Å². The second kappa shape index (κ2) is 6.80. The number of pyridine rings is 1. The molecule has 0 fully saturated rings. The summed E-state index contributed by atoms with van der Waals surface area (Å²) in [7, 11) is 3.53. The topological polar surface area (TPSA) is 83.7 Å². The third-order valence-corrected chi connectivity index (χ3v) is 5.12. The SMILES string of the molecule is CC1=C2/C(=C\N(C)C(=O)c3ccc(F)cc3[C@@H](C)Oc3cc2cnc3N)N(C)N1. The maximum Gasteiger partial charge on any atom is 0.258 e. The Kier molecular flexibility index (Phi) is 4.41. The number of fused-ring (bicyclic) bond motifs is 5. The number of hydrogen-bond acceptors (Lipinski definition) is 6. The van der Waals surface area contributed by atoms with Crippen LogP contribution in [-0.4, -0.2) is 34.9 Å². The molecule has 3 heterocycles. The number of halogens is 1. The summed E-state index contributed by atoms with van der Waals surface area (Å²) < 4.78 is 20.0. The van der Waals surface area contributed by atoms with Gasteiger partial charge in [-0.15, -0.1) is 0 Å². The molecule has 29 heavy (non-hydrogen) atoms. The Morgan fingerprint density at radius 3 is 2.79 bits per heavy atom. The van der Waals surface area contributed by atoms with Crippen molar-refractivity contribution in [3.8, 4) is 5.75 Å². The number of carbonyl (C=O) groups excluding carboxylic acids is 1. The fourth-order valence-corrected chi connectivity index (χ4v) is 3.68. The van der Waals surface area contributed by atoms with Crippen LogP contribution in [0.15, 0.2) is 48.1 Å². The Morgan fingerprint density at radius 2 is 2.03 bits per heavy atom. The van der Waals surface area contributed by atoms with Gasteiger partial charge in [-0.1, -0.05) is 0 Å². The van der Waals surface area contributed by atoms with E-state index in [4.69, 9.17) is 10.5 Å². The van der Waals surface area contributed by atoms with Gasteiger partial charge in [0.25, 0.3) is 5.91 Å². The number of benzene rings is 1. The fraction of sp³-hybridized carbons (Fsp3) is 0.238. The number of amides is 1. The van der Waals surface area contributed by atoms with Gasteiger partial charge < -0.3 is 20.8 Å². The van der Waals surface area contributed by atoms with Crippen LogP contribution in [0.25, 0.3) is 5.57 Å². The van der Waals surface area contributed by atoms with Gasteiger partial charge in [-0.25, -0.2) is 9.37 Å². The molecule has 2 aliphatic rings. The molecule has 4 rings (SSSR count). The zero-order valence-electron chi connectivity index (χ0n) is 16.7. The van der Waals surface area contributed by atoms with Crippen LogP contribution < -0.4 is 15.9 Å². The van der Waals surface area contributed by atoms with Crippen molar-refractivity contribution in [2.45, 2.75) is 20.0 Å². The molecule has 1 amide bonds. The van der Waals surface area contributed by atoms with Crippen molar-refractivity contribution in [1.29, 1.82) is 0 Å². The predicted molar refractivity (Wildman–Crippen MR) is 108 cm³/mol. The van der Waals surface area contributed by atoms with Crippen molar-refractivity contribution < 1.29 is 13.9 Å². The zero-order valence-corrected chi connectivity index (χ0v) is 16.7. The second-order valence-electron chi connectivity index (χ2n) is 7.20. The van der Waals surface area contributed by atoms with E-state index in [0.29, 0.717) is 16.9 Å². The van der Waals surface area contributed by atoms with Crippen molar-refractivity contribution in [3.63, 3.8) is 0 Å². The first-order valence-corrected chi connectivity index (χ1v) is 9.19. The fourth-order valence-electron chi connectivity index (χ4n) is 3.68. The van der Waals surface area contributed by atoms with Gasteiger partial charge in [0.2, 0.25) is 0 Å². The van der Waals surface area contributed by atoms with Crippen molar-refractivity contribution >= 4 is 17.3 Å². The van der Waals surface area contributed by atoms with Gasteiger partial charge >= 0.3 is 0 Å². The number of rotatable bonds is 0. The number of nitrogens with two attached hydrogens (primary N) is 1. The molecule has 1 aromatic heterocycles. The summed E-state index contributed by atoms with van der Waals surface area (Å²) in [6.07, 6.45) is 2.80. The lowest BCUT2D eigenvalue weighted by atomic mass is 10.0. The maximum atomic E-state index is 14.0. The molecule has 150 valence electrons. The molecule has 2 aliphatic heterocycles. The van der Waals surface area contributed by atoms with Crippen molar-refractivity contribution in [3.05, 3.63) is 70.6 Å². The largest absolute Gasteiger partial charge is 0.482 e. The van der Waals surface area contributed by atoms with Crippen LogP contribution in [0.3, 0.4) is 0 Å². The Bertz CT molecular complexity index is 1080. The first-order chi connectivity index (χ1) is 13.8. The number of anilines is 1. The molecule has 8 heteroatoms. The number of hydrogen-bond donors (Lipinski definition) is 2. The quantitative estimate of drug-likeness (QED) is 0.713. The van der Waals surface area contributed by atoms with Gasteiger partial charge in [0.05, 0.1) is 5.70 Å². The molecule has 3 N–H and O–H groups in total. The molecule has 0 aliphatic carbocycles. The number of nitrogens with one attached hydrogen (secondary N) is 1. The zero-order chi connectivity index (χ0) is 20.9. The summed E-state index contributed by atoms with van der Waals surface area (Å²) in [5, 5.41) is 1.82. The Labute approximate surface area is 168 Å². The number of ether oxygens (including phenoxy) is 1. The lowest BCUT2D eigenvalue weighted by Crippen LogP contribution is -2.29. The minimum Gasteiger partial charge on any atom is -0.482 e. The molecular formula is C21H22FN5O2. The van der Waals surface area contributed by atoms with E-state index in [1.807, 2.05) is 25.0 Å². The van der Waals surface area contributed by atoms with Crippen molar-refractivity contribution in [1.82, 2.24) is 20.3 Å². The monoisotopic (exact) mass is 395 g/mol. The highest BCUT2D eigenvalue weighted by Crippen LogP contribution is 2.37. The van der Waals surface area contributed by atoms with E-state index in [1.54, 1.807) is 26.4 Å². The third kappa shape index (κ3) is 3.16. The molecule has 0 radical (unpaired) electrons. The molecular weight excluding hydrogens is 373 g/mol. The van der Waals surface area contributed by atoms with Crippen LogP contribution in [0.2, 0.25) is 0 Å². The number of carbonyl (C=O) groups is 1. The first-order valence-electron chi connectivity index (χ1n) is 9.19. The van der Waals surface area contributed by atoms with E-state index < -0.39 is 11.9 Å². The van der Waals surface area contributed by atoms with E-state index in [1.165, 1.54) is 23.1 Å². The van der Waals surface area contributed by atoms with Gasteiger partial charge in [-0.3, -0.25) is 9.80 Å². The van der Waals surface area contributed by atoms with Crippen molar-refractivity contribution in [2.24, 2.45) is 0 Å². The number of likely N-dealkylation sites (N-methyl/N-ethyl adjacent to an activating group) is 1. The van der Waals surface area contributed by atoms with E-state index >= 15 is 0 Å². The normalized spacial score (nSPS) is 20.7. The van der Waals surface area contributed by atoms with E-state index in [9.17, 15) is 9.18 Å². The van der Waals surface area contributed by atoms with Gasteiger partial charge in [0, 0.05) is 54.5 Å². The number of allylic oxidation sites excluding steroid dienone is 2. The molecule has 1 aromatic carbocycles. The van der Waals surface area contributed by atoms with Gasteiger partial charge in [-0.05, 0) is 38.1 Å². The summed E-state index contributed by atoms with van der Waals surface area (Å²) in [6.45, 7) is 3.69. The second-order valence-corrected chi connectivity index (χ2v) is 7.20. The number of hydrazine groups is 1. The van der Waals surface area contributed by atoms with Gasteiger partial charge in [0.15, 0.2) is 11.6 Å². The third-order valence-electron chi connectivity index (χ3n) is 5.12. The van der Waals surface area contributed by atoms with E-state index in [2.05, 4.69) is 10.4 Å². The van der Waals surface area contributed by atoms with Crippen LogP contribution in [0, 0.1) is 5.82 Å². The number of nitrogens with zero attached hydrogens (tertiary/aromatic N) is 3. The van der Waals surface area contributed by atoms with E-state index in [0.717, 1.165) is 22.5 Å². The minimum atomic E-state index is -0.611.